The van der Waals surface area contributed by atoms with Crippen molar-refractivity contribution in [2.24, 2.45) is 5.73 Å². The lowest BCUT2D eigenvalue weighted by Crippen LogP contribution is -2.21. The number of aromatic nitrogens is 2. The zero-order valence-electron chi connectivity index (χ0n) is 9.89. The Bertz CT molecular complexity index is 384. The number of nitrogens with two attached hydrogens (primary N) is 1. The summed E-state index contributed by atoms with van der Waals surface area (Å²) in [7, 11) is 2.18. The summed E-state index contributed by atoms with van der Waals surface area (Å²) in [6, 6.07) is 0.154. The molecule has 2 aliphatic heterocycles. The second-order valence-corrected chi connectivity index (χ2v) is 5.21. The summed E-state index contributed by atoms with van der Waals surface area (Å²) < 4.78 is 2.27. The van der Waals surface area contributed by atoms with E-state index >= 15 is 0 Å². The summed E-state index contributed by atoms with van der Waals surface area (Å²) >= 11 is 0. The molecule has 4 nitrogen and oxygen atoms in total. The van der Waals surface area contributed by atoms with Crippen molar-refractivity contribution in [2.45, 2.75) is 37.8 Å². The average Bonchev–Trinajstić information content (AvgIpc) is 2.84. The van der Waals surface area contributed by atoms with Crippen LogP contribution in [0.2, 0.25) is 0 Å². The number of aryl methyl sites for hydroxylation is 1. The Morgan fingerprint density at radius 1 is 1.38 bits per heavy atom. The van der Waals surface area contributed by atoms with Crippen LogP contribution in [0.25, 0.3) is 0 Å². The molecule has 4 heteroatoms. The lowest BCUT2D eigenvalue weighted by molar-refractivity contribution is 0.411. The van der Waals surface area contributed by atoms with Gasteiger partial charge in [-0.25, -0.2) is 4.98 Å². The van der Waals surface area contributed by atoms with E-state index in [9.17, 15) is 0 Å². The first-order valence-corrected chi connectivity index (χ1v) is 6.25. The maximum Gasteiger partial charge on any atom is 0.125 e. The predicted molar refractivity (Wildman–Crippen MR) is 63.2 cm³/mol. The summed E-state index contributed by atoms with van der Waals surface area (Å²) in [5, 5.41) is 0. The standard InChI is InChI=1S/C12H20N4/c1-15-6-4-9(7-15)11-8-16-5-2-3-10(13)12(16)14-11/h8-10H,2-7,13H2,1H3. The Kier molecular flexibility index (Phi) is 2.48. The largest absolute Gasteiger partial charge is 0.333 e. The Labute approximate surface area is 96.4 Å². The second kappa shape index (κ2) is 3.86. The molecule has 16 heavy (non-hydrogen) atoms. The van der Waals surface area contributed by atoms with Gasteiger partial charge in [0.1, 0.15) is 5.82 Å². The van der Waals surface area contributed by atoms with Gasteiger partial charge in [-0.2, -0.15) is 0 Å². The third kappa shape index (κ3) is 1.66. The topological polar surface area (TPSA) is 47.1 Å². The smallest absolute Gasteiger partial charge is 0.125 e. The van der Waals surface area contributed by atoms with Gasteiger partial charge in [0.25, 0.3) is 0 Å². The summed E-state index contributed by atoms with van der Waals surface area (Å²) in [5.41, 5.74) is 7.35. The summed E-state index contributed by atoms with van der Waals surface area (Å²) in [4.78, 5) is 7.14. The van der Waals surface area contributed by atoms with Crippen LogP contribution in [0.3, 0.4) is 0 Å². The normalized spacial score (nSPS) is 30.6. The molecule has 0 aliphatic carbocycles. The molecule has 1 aromatic heterocycles. The quantitative estimate of drug-likeness (QED) is 0.771. The molecule has 88 valence electrons. The molecular weight excluding hydrogens is 200 g/mol. The summed E-state index contributed by atoms with van der Waals surface area (Å²) in [5.74, 6) is 1.73. The fourth-order valence-electron chi connectivity index (χ4n) is 2.91. The summed E-state index contributed by atoms with van der Waals surface area (Å²) in [6.07, 6.45) is 5.75. The predicted octanol–water partition coefficient (Wildman–Crippen LogP) is 1.10. The maximum absolute atomic E-state index is 6.09. The van der Waals surface area contributed by atoms with Gasteiger partial charge in [0.15, 0.2) is 0 Å². The number of likely N-dealkylation sites (N-methyl/N-ethyl adjacent to an activating group) is 1. The Hall–Kier alpha value is -0.870. The van der Waals surface area contributed by atoms with Crippen LogP contribution in [-0.4, -0.2) is 34.6 Å². The van der Waals surface area contributed by atoms with E-state index in [0.717, 1.165) is 25.3 Å². The van der Waals surface area contributed by atoms with Crippen LogP contribution in [0.4, 0.5) is 0 Å². The molecular formula is C12H20N4. The molecule has 3 heterocycles. The van der Waals surface area contributed by atoms with E-state index in [4.69, 9.17) is 10.7 Å². The van der Waals surface area contributed by atoms with E-state index < -0.39 is 0 Å². The SMILES string of the molecule is CN1CCC(c2cn3c(n2)C(N)CCC3)C1. The van der Waals surface area contributed by atoms with Crippen molar-refractivity contribution in [3.8, 4) is 0 Å². The van der Waals surface area contributed by atoms with Crippen molar-refractivity contribution in [1.82, 2.24) is 14.5 Å². The van der Waals surface area contributed by atoms with Crippen molar-refractivity contribution in [3.05, 3.63) is 17.7 Å². The van der Waals surface area contributed by atoms with Crippen LogP contribution in [-0.2, 0) is 6.54 Å². The Balaban J connectivity index is 1.86. The minimum Gasteiger partial charge on any atom is -0.333 e. The third-order valence-electron chi connectivity index (χ3n) is 3.88. The van der Waals surface area contributed by atoms with Crippen LogP contribution in [0.5, 0.6) is 0 Å². The van der Waals surface area contributed by atoms with Gasteiger partial charge in [0, 0.05) is 25.2 Å². The minimum atomic E-state index is 0.154. The van der Waals surface area contributed by atoms with E-state index in [2.05, 4.69) is 22.7 Å². The molecule has 2 unspecified atom stereocenters. The van der Waals surface area contributed by atoms with E-state index in [0.29, 0.717) is 5.92 Å². The molecule has 2 N–H and O–H groups in total. The molecule has 0 amide bonds. The number of nitrogens with zero attached hydrogens (tertiary/aromatic N) is 3. The van der Waals surface area contributed by atoms with E-state index in [1.807, 2.05) is 0 Å². The van der Waals surface area contributed by atoms with Gasteiger partial charge in [-0.15, -0.1) is 0 Å². The lowest BCUT2D eigenvalue weighted by Gasteiger charge is -2.19. The molecule has 3 rings (SSSR count). The second-order valence-electron chi connectivity index (χ2n) is 5.21. The molecule has 0 radical (unpaired) electrons. The molecule has 0 spiro atoms. The first-order valence-electron chi connectivity index (χ1n) is 6.25. The van der Waals surface area contributed by atoms with Gasteiger partial charge in [-0.05, 0) is 32.9 Å². The van der Waals surface area contributed by atoms with Crippen LogP contribution in [0.1, 0.15) is 42.7 Å². The molecule has 2 aliphatic rings. The van der Waals surface area contributed by atoms with Crippen LogP contribution in [0.15, 0.2) is 6.20 Å². The van der Waals surface area contributed by atoms with E-state index in [1.165, 1.54) is 25.1 Å². The first kappa shape index (κ1) is 10.3. The molecule has 1 aromatic rings. The zero-order chi connectivity index (χ0) is 11.1. The maximum atomic E-state index is 6.09. The van der Waals surface area contributed by atoms with Gasteiger partial charge in [-0.1, -0.05) is 0 Å². The van der Waals surface area contributed by atoms with Crippen molar-refractivity contribution in [3.63, 3.8) is 0 Å². The highest BCUT2D eigenvalue weighted by Gasteiger charge is 2.26. The van der Waals surface area contributed by atoms with E-state index in [-0.39, 0.29) is 6.04 Å². The summed E-state index contributed by atoms with van der Waals surface area (Å²) in [6.45, 7) is 3.43. The fraction of sp³-hybridized carbons (Fsp3) is 0.750. The number of fused-ring (bicyclic) bond motifs is 1. The van der Waals surface area contributed by atoms with Crippen LogP contribution in [0, 0.1) is 0 Å². The average molecular weight is 220 g/mol. The van der Waals surface area contributed by atoms with Gasteiger partial charge < -0.3 is 15.2 Å². The van der Waals surface area contributed by atoms with E-state index in [1.54, 1.807) is 0 Å². The van der Waals surface area contributed by atoms with Gasteiger partial charge in [-0.3, -0.25) is 0 Å². The highest BCUT2D eigenvalue weighted by molar-refractivity contribution is 5.15. The number of likely N-dealkylation sites (tertiary alicyclic amines) is 1. The van der Waals surface area contributed by atoms with Crippen LogP contribution >= 0.6 is 0 Å². The van der Waals surface area contributed by atoms with Crippen molar-refractivity contribution in [1.29, 1.82) is 0 Å². The zero-order valence-corrected chi connectivity index (χ0v) is 9.89. The van der Waals surface area contributed by atoms with Crippen LogP contribution < -0.4 is 5.73 Å². The third-order valence-corrected chi connectivity index (χ3v) is 3.88. The fourth-order valence-corrected chi connectivity index (χ4v) is 2.91. The van der Waals surface area contributed by atoms with Gasteiger partial charge in [0.2, 0.25) is 0 Å². The number of hydrogen-bond acceptors (Lipinski definition) is 3. The highest BCUT2D eigenvalue weighted by atomic mass is 15.1. The molecule has 2 atom stereocenters. The monoisotopic (exact) mass is 220 g/mol. The highest BCUT2D eigenvalue weighted by Crippen LogP contribution is 2.29. The van der Waals surface area contributed by atoms with Crippen molar-refractivity contribution < 1.29 is 0 Å². The lowest BCUT2D eigenvalue weighted by atomic mass is 10.1. The Morgan fingerprint density at radius 2 is 2.25 bits per heavy atom. The van der Waals surface area contributed by atoms with Gasteiger partial charge >= 0.3 is 0 Å². The number of rotatable bonds is 1. The number of hydrogen-bond donors (Lipinski definition) is 1. The first-order chi connectivity index (χ1) is 7.74. The molecule has 1 saturated heterocycles. The van der Waals surface area contributed by atoms with Crippen molar-refractivity contribution >= 4 is 0 Å². The molecule has 0 aromatic carbocycles. The number of imidazole rings is 1. The molecule has 1 fully saturated rings. The minimum absolute atomic E-state index is 0.154. The molecule has 0 bridgehead atoms. The Morgan fingerprint density at radius 3 is 2.94 bits per heavy atom. The molecule has 0 saturated carbocycles. The van der Waals surface area contributed by atoms with Gasteiger partial charge in [0.05, 0.1) is 11.7 Å². The van der Waals surface area contributed by atoms with Crippen molar-refractivity contribution in [2.75, 3.05) is 20.1 Å².